The zero-order chi connectivity index (χ0) is 15.5. The number of unbranched alkanes of at least 4 members (excludes halogenated alkanes) is 7. The molecule has 1 atom stereocenters. The van der Waals surface area contributed by atoms with Crippen LogP contribution in [0.3, 0.4) is 0 Å². The quantitative estimate of drug-likeness (QED) is 0.413. The molecule has 0 radical (unpaired) electrons. The van der Waals surface area contributed by atoms with Crippen molar-refractivity contribution in [3.8, 4) is 0 Å². The van der Waals surface area contributed by atoms with E-state index in [1.54, 1.807) is 0 Å². The summed E-state index contributed by atoms with van der Waals surface area (Å²) in [4.78, 5) is 0. The Balaban J connectivity index is 3.67. The van der Waals surface area contributed by atoms with Gasteiger partial charge in [0, 0.05) is 12.1 Å². The predicted octanol–water partition coefficient (Wildman–Crippen LogP) is 6.32. The maximum Gasteiger partial charge on any atom is 0.00967 e. The number of nitrogens with one attached hydrogen (secondary N) is 1. The topological polar surface area (TPSA) is 12.0 Å². The third-order valence-electron chi connectivity index (χ3n) is 4.53. The third-order valence-corrected chi connectivity index (χ3v) is 4.53. The van der Waals surface area contributed by atoms with Gasteiger partial charge in [0.25, 0.3) is 0 Å². The summed E-state index contributed by atoms with van der Waals surface area (Å²) in [7, 11) is 0. The van der Waals surface area contributed by atoms with Crippen molar-refractivity contribution < 1.29 is 0 Å². The smallest absolute Gasteiger partial charge is 0.00967 e. The second kappa shape index (κ2) is 10.7. The highest BCUT2D eigenvalue weighted by Crippen LogP contribution is 2.28. The highest BCUT2D eigenvalue weighted by molar-refractivity contribution is 4.80. The van der Waals surface area contributed by atoms with Crippen LogP contribution in [-0.2, 0) is 0 Å². The van der Waals surface area contributed by atoms with Gasteiger partial charge in [-0.1, -0.05) is 72.1 Å². The van der Waals surface area contributed by atoms with E-state index in [0.29, 0.717) is 5.41 Å². The van der Waals surface area contributed by atoms with Gasteiger partial charge in [-0.25, -0.2) is 0 Å². The number of rotatable bonds is 12. The van der Waals surface area contributed by atoms with Crippen molar-refractivity contribution >= 4 is 0 Å². The Morgan fingerprint density at radius 1 is 0.700 bits per heavy atom. The summed E-state index contributed by atoms with van der Waals surface area (Å²) in [5.74, 6) is 0. The molecule has 1 nitrogen and oxygen atoms in total. The fraction of sp³-hybridized carbons (Fsp3) is 1.00. The molecule has 1 N–H and O–H groups in total. The van der Waals surface area contributed by atoms with Crippen LogP contribution in [0.15, 0.2) is 0 Å². The molecule has 1 heteroatoms. The minimum absolute atomic E-state index is 0.246. The van der Waals surface area contributed by atoms with E-state index in [1.165, 1.54) is 64.2 Å². The summed E-state index contributed by atoms with van der Waals surface area (Å²) < 4.78 is 0. The standard InChI is InChI=1S/C19H41N/c1-7-9-10-11-12-13-14-15-16-19(6,8-2)17-20-18(3,4)5/h20H,7-17H2,1-6H3. The Morgan fingerprint density at radius 3 is 1.65 bits per heavy atom. The Hall–Kier alpha value is -0.0400. The summed E-state index contributed by atoms with van der Waals surface area (Å²) in [5, 5.41) is 3.69. The van der Waals surface area contributed by atoms with Crippen LogP contribution in [0.2, 0.25) is 0 Å². The lowest BCUT2D eigenvalue weighted by Crippen LogP contribution is -2.42. The van der Waals surface area contributed by atoms with Crippen LogP contribution >= 0.6 is 0 Å². The first-order chi connectivity index (χ1) is 9.33. The lowest BCUT2D eigenvalue weighted by Gasteiger charge is -2.33. The Bertz CT molecular complexity index is 216. The highest BCUT2D eigenvalue weighted by atomic mass is 15.0. The van der Waals surface area contributed by atoms with Crippen LogP contribution in [-0.4, -0.2) is 12.1 Å². The van der Waals surface area contributed by atoms with Gasteiger partial charge in [0.2, 0.25) is 0 Å². The lowest BCUT2D eigenvalue weighted by atomic mass is 9.81. The van der Waals surface area contributed by atoms with Crippen molar-refractivity contribution in [2.45, 2.75) is 111 Å². The van der Waals surface area contributed by atoms with E-state index in [9.17, 15) is 0 Å². The van der Waals surface area contributed by atoms with E-state index >= 15 is 0 Å². The largest absolute Gasteiger partial charge is 0.312 e. The van der Waals surface area contributed by atoms with Gasteiger partial charge in [-0.2, -0.15) is 0 Å². The Morgan fingerprint density at radius 2 is 1.20 bits per heavy atom. The molecular weight excluding hydrogens is 242 g/mol. The van der Waals surface area contributed by atoms with Crippen LogP contribution in [0.4, 0.5) is 0 Å². The molecule has 0 aromatic rings. The Kier molecular flexibility index (Phi) is 10.6. The zero-order valence-electron chi connectivity index (χ0n) is 15.3. The average Bonchev–Trinajstić information content (AvgIpc) is 2.39. The molecule has 0 amide bonds. The van der Waals surface area contributed by atoms with E-state index in [-0.39, 0.29) is 5.54 Å². The molecule has 0 spiro atoms. The van der Waals surface area contributed by atoms with E-state index in [2.05, 4.69) is 46.9 Å². The molecule has 0 aliphatic rings. The van der Waals surface area contributed by atoms with Crippen molar-refractivity contribution in [1.82, 2.24) is 5.32 Å². The van der Waals surface area contributed by atoms with Gasteiger partial charge < -0.3 is 5.32 Å². The first-order valence-electron chi connectivity index (χ1n) is 9.08. The third kappa shape index (κ3) is 11.8. The highest BCUT2D eigenvalue weighted by Gasteiger charge is 2.23. The van der Waals surface area contributed by atoms with Crippen LogP contribution in [0.5, 0.6) is 0 Å². The van der Waals surface area contributed by atoms with E-state index < -0.39 is 0 Å². The predicted molar refractivity (Wildman–Crippen MR) is 93.4 cm³/mol. The summed E-state index contributed by atoms with van der Waals surface area (Å²) in [6, 6.07) is 0. The second-order valence-electron chi connectivity index (χ2n) is 7.99. The number of hydrogen-bond donors (Lipinski definition) is 1. The monoisotopic (exact) mass is 283 g/mol. The fourth-order valence-electron chi connectivity index (χ4n) is 2.55. The van der Waals surface area contributed by atoms with E-state index in [1.807, 2.05) is 0 Å². The minimum Gasteiger partial charge on any atom is -0.312 e. The lowest BCUT2D eigenvalue weighted by molar-refractivity contribution is 0.231. The Labute approximate surface area is 129 Å². The zero-order valence-corrected chi connectivity index (χ0v) is 15.3. The molecule has 0 aliphatic heterocycles. The van der Waals surface area contributed by atoms with Crippen molar-refractivity contribution in [3.63, 3.8) is 0 Å². The molecule has 0 saturated heterocycles. The molecule has 0 fully saturated rings. The molecule has 0 heterocycles. The molecule has 20 heavy (non-hydrogen) atoms. The maximum atomic E-state index is 3.69. The van der Waals surface area contributed by atoms with Gasteiger partial charge in [0.1, 0.15) is 0 Å². The van der Waals surface area contributed by atoms with Crippen LogP contribution < -0.4 is 5.32 Å². The molecule has 0 aromatic carbocycles. The number of hydrogen-bond acceptors (Lipinski definition) is 1. The van der Waals surface area contributed by atoms with Gasteiger partial charge in [0.05, 0.1) is 0 Å². The summed E-state index contributed by atoms with van der Waals surface area (Å²) in [6.07, 6.45) is 14.1. The molecule has 0 aromatic heterocycles. The molecule has 0 saturated carbocycles. The summed E-state index contributed by atoms with van der Waals surface area (Å²) >= 11 is 0. The fourth-order valence-corrected chi connectivity index (χ4v) is 2.55. The van der Waals surface area contributed by atoms with Gasteiger partial charge in [-0.05, 0) is 39.0 Å². The SMILES string of the molecule is CCCCCCCCCCC(C)(CC)CNC(C)(C)C. The van der Waals surface area contributed by atoms with E-state index in [0.717, 1.165) is 6.54 Å². The normalized spacial score (nSPS) is 15.3. The molecule has 122 valence electrons. The van der Waals surface area contributed by atoms with Gasteiger partial charge in [0.15, 0.2) is 0 Å². The first kappa shape index (κ1) is 20.0. The van der Waals surface area contributed by atoms with Crippen LogP contribution in [0, 0.1) is 5.41 Å². The molecular formula is C19H41N. The van der Waals surface area contributed by atoms with Crippen LogP contribution in [0.1, 0.15) is 106 Å². The van der Waals surface area contributed by atoms with Gasteiger partial charge in [-0.3, -0.25) is 0 Å². The van der Waals surface area contributed by atoms with Gasteiger partial charge in [-0.15, -0.1) is 0 Å². The maximum absolute atomic E-state index is 3.69. The minimum atomic E-state index is 0.246. The van der Waals surface area contributed by atoms with Crippen molar-refractivity contribution in [2.24, 2.45) is 5.41 Å². The van der Waals surface area contributed by atoms with Crippen molar-refractivity contribution in [2.75, 3.05) is 6.54 Å². The first-order valence-corrected chi connectivity index (χ1v) is 9.08. The average molecular weight is 284 g/mol. The molecule has 0 bridgehead atoms. The van der Waals surface area contributed by atoms with Crippen molar-refractivity contribution in [1.29, 1.82) is 0 Å². The molecule has 1 unspecified atom stereocenters. The van der Waals surface area contributed by atoms with Gasteiger partial charge >= 0.3 is 0 Å². The summed E-state index contributed by atoms with van der Waals surface area (Å²) in [5.41, 5.74) is 0.727. The van der Waals surface area contributed by atoms with E-state index in [4.69, 9.17) is 0 Å². The van der Waals surface area contributed by atoms with Crippen molar-refractivity contribution in [3.05, 3.63) is 0 Å². The van der Waals surface area contributed by atoms with Crippen LogP contribution in [0.25, 0.3) is 0 Å². The molecule has 0 rings (SSSR count). The molecule has 0 aliphatic carbocycles. The summed E-state index contributed by atoms with van der Waals surface area (Å²) in [6.45, 7) is 15.0. The second-order valence-corrected chi connectivity index (χ2v) is 7.99.